The summed E-state index contributed by atoms with van der Waals surface area (Å²) in [6.07, 6.45) is 10.4. The fraction of sp³-hybridized carbons (Fsp3) is 0.455. The maximum Gasteiger partial charge on any atom is 0.255 e. The van der Waals surface area contributed by atoms with E-state index in [9.17, 15) is 19.2 Å². The summed E-state index contributed by atoms with van der Waals surface area (Å²) < 4.78 is 31.7. The third kappa shape index (κ3) is 9.78. The summed E-state index contributed by atoms with van der Waals surface area (Å²) in [5.41, 5.74) is 2.16. The average molecular weight is 808 g/mol. The fourth-order valence-corrected chi connectivity index (χ4v) is 9.01. The van der Waals surface area contributed by atoms with Crippen LogP contribution in [0.4, 0.5) is 26.1 Å². The van der Waals surface area contributed by atoms with Gasteiger partial charge in [0.2, 0.25) is 23.7 Å². The number of carbonyl (C=O) groups is 3. The average Bonchev–Trinajstić information content (AvgIpc) is 3.24. The van der Waals surface area contributed by atoms with Gasteiger partial charge in [-0.3, -0.25) is 29.1 Å². The van der Waals surface area contributed by atoms with Crippen LogP contribution in [-0.2, 0) is 14.4 Å². The smallest absolute Gasteiger partial charge is 0.255 e. The highest BCUT2D eigenvalue weighted by atomic mass is 19.1. The second-order valence-corrected chi connectivity index (χ2v) is 16.4. The monoisotopic (exact) mass is 807 g/mol. The van der Waals surface area contributed by atoms with Crippen molar-refractivity contribution in [2.45, 2.75) is 82.3 Å². The highest BCUT2D eigenvalue weighted by Gasteiger charge is 2.32. The van der Waals surface area contributed by atoms with Gasteiger partial charge in [-0.05, 0) is 93.7 Å². The van der Waals surface area contributed by atoms with Crippen LogP contribution in [0.25, 0.3) is 16.9 Å². The molecule has 0 radical (unpaired) electrons. The molecule has 1 saturated carbocycles. The van der Waals surface area contributed by atoms with Crippen LogP contribution in [-0.4, -0.2) is 88.0 Å². The van der Waals surface area contributed by atoms with E-state index in [4.69, 9.17) is 0 Å². The molecular formula is C44H51F2N9O4. The van der Waals surface area contributed by atoms with E-state index in [0.717, 1.165) is 83.9 Å². The summed E-state index contributed by atoms with van der Waals surface area (Å²) in [5.74, 6) is -0.788. The van der Waals surface area contributed by atoms with E-state index in [-0.39, 0.29) is 59.2 Å². The van der Waals surface area contributed by atoms with E-state index in [1.165, 1.54) is 16.7 Å². The molecule has 2 aromatic heterocycles. The number of likely N-dealkylation sites (tertiary alicyclic amines) is 1. The maximum atomic E-state index is 15.2. The van der Waals surface area contributed by atoms with Gasteiger partial charge in [-0.25, -0.2) is 18.7 Å². The first-order valence-electron chi connectivity index (χ1n) is 20.9. The molecule has 4 fully saturated rings. The number of aromatic nitrogens is 3. The van der Waals surface area contributed by atoms with Crippen molar-refractivity contribution in [1.29, 1.82) is 0 Å². The number of rotatable bonds is 11. The molecule has 8 rings (SSSR count). The molecular weight excluding hydrogens is 757 g/mol. The van der Waals surface area contributed by atoms with Crippen LogP contribution in [0.5, 0.6) is 0 Å². The zero-order chi connectivity index (χ0) is 40.9. The summed E-state index contributed by atoms with van der Waals surface area (Å²) in [5, 5.41) is 12.1. The minimum Gasteiger partial charge on any atom is -0.374 e. The third-order valence-electron chi connectivity index (χ3n) is 12.3. The van der Waals surface area contributed by atoms with E-state index in [0.29, 0.717) is 47.3 Å². The van der Waals surface area contributed by atoms with E-state index in [1.807, 2.05) is 0 Å². The van der Waals surface area contributed by atoms with Crippen LogP contribution < -0.4 is 31.7 Å². The Bertz CT molecular complexity index is 2220. The number of carbonyl (C=O) groups excluding carboxylic acids is 3. The minimum absolute atomic E-state index is 0.0295. The molecule has 4 aromatic rings. The lowest BCUT2D eigenvalue weighted by Gasteiger charge is -2.39. The Balaban J connectivity index is 0.769. The number of nitrogens with zero attached hydrogens (tertiary/aromatic N) is 5. The molecule has 4 aliphatic rings. The van der Waals surface area contributed by atoms with Gasteiger partial charge in [-0.15, -0.1) is 0 Å². The molecule has 3 amide bonds. The van der Waals surface area contributed by atoms with E-state index in [2.05, 4.69) is 41.0 Å². The first-order valence-corrected chi connectivity index (χ1v) is 20.9. The van der Waals surface area contributed by atoms with Gasteiger partial charge in [-0.1, -0.05) is 24.6 Å². The predicted octanol–water partition coefficient (Wildman–Crippen LogP) is 5.26. The molecule has 3 aliphatic heterocycles. The third-order valence-corrected chi connectivity index (χ3v) is 12.3. The first-order chi connectivity index (χ1) is 28.6. The Labute approximate surface area is 342 Å². The lowest BCUT2D eigenvalue weighted by atomic mass is 9.84. The van der Waals surface area contributed by atoms with Gasteiger partial charge < -0.3 is 25.8 Å². The largest absolute Gasteiger partial charge is 0.374 e. The lowest BCUT2D eigenvalue weighted by molar-refractivity contribution is -0.133. The second kappa shape index (κ2) is 18.1. The standard InChI is InChI=1S/C44H51F2N9O4/c45-35-25-33(48-37-11-13-39(56)51-43(37)59)10-12-38(35)54-21-14-28(15-22-54)27-53-19-16-31(17-20-53)49-42(58)30-6-3-7-32(23-30)50-44-47-26-36(46)41(52-44)29-5-4-8-34(24-29)55-18-2-1-9-40(55)57/h1-2,4-5,8-10,12,18,24-26,28,30-32,37,48H,3,6-7,11,13-17,19-23,27H2,(H,49,58)(H,47,50,52)(H,51,56,59). The van der Waals surface area contributed by atoms with E-state index >= 15 is 8.78 Å². The van der Waals surface area contributed by atoms with E-state index < -0.39 is 11.9 Å². The van der Waals surface area contributed by atoms with Crippen molar-refractivity contribution in [3.63, 3.8) is 0 Å². The SMILES string of the molecule is O=C1CCC(Nc2ccc(N3CCC(CN4CCC(NC(=O)C5CCCC(Nc6ncc(F)c(-c7cccc(-n8ccccc8=O)c7)n6)C5)CC4)CC3)c(F)c2)C(=O)N1. The van der Waals surface area contributed by atoms with Crippen molar-refractivity contribution in [3.8, 4) is 16.9 Å². The highest BCUT2D eigenvalue weighted by Crippen LogP contribution is 2.31. The van der Waals surface area contributed by atoms with Gasteiger partial charge in [0.05, 0.1) is 11.9 Å². The number of amides is 3. The number of hydrogen-bond donors (Lipinski definition) is 4. The summed E-state index contributed by atoms with van der Waals surface area (Å²) >= 11 is 0. The first kappa shape index (κ1) is 40.1. The van der Waals surface area contributed by atoms with Gasteiger partial charge in [0, 0.05) is 86.3 Å². The van der Waals surface area contributed by atoms with Crippen molar-refractivity contribution in [2.24, 2.45) is 11.8 Å². The van der Waals surface area contributed by atoms with Crippen molar-refractivity contribution >= 4 is 35.0 Å². The molecule has 59 heavy (non-hydrogen) atoms. The number of piperidine rings is 3. The number of halogens is 2. The van der Waals surface area contributed by atoms with Gasteiger partial charge in [-0.2, -0.15) is 0 Å². The van der Waals surface area contributed by atoms with Crippen molar-refractivity contribution < 1.29 is 23.2 Å². The van der Waals surface area contributed by atoms with Crippen LogP contribution in [0.2, 0.25) is 0 Å². The molecule has 310 valence electrons. The lowest BCUT2D eigenvalue weighted by Crippen LogP contribution is -2.48. The molecule has 0 bridgehead atoms. The van der Waals surface area contributed by atoms with Gasteiger partial charge in [0.15, 0.2) is 5.82 Å². The van der Waals surface area contributed by atoms with Crippen molar-refractivity contribution in [1.82, 2.24) is 30.1 Å². The summed E-state index contributed by atoms with van der Waals surface area (Å²) in [6, 6.07) is 16.5. The summed E-state index contributed by atoms with van der Waals surface area (Å²) in [7, 11) is 0. The molecule has 13 nitrogen and oxygen atoms in total. The number of benzene rings is 2. The van der Waals surface area contributed by atoms with Crippen LogP contribution in [0, 0.1) is 23.5 Å². The van der Waals surface area contributed by atoms with Crippen LogP contribution in [0.1, 0.15) is 64.2 Å². The van der Waals surface area contributed by atoms with Crippen LogP contribution >= 0.6 is 0 Å². The molecule has 1 aliphatic carbocycles. The van der Waals surface area contributed by atoms with Gasteiger partial charge in [0.25, 0.3) is 5.56 Å². The normalized spacial score (nSPS) is 22.1. The van der Waals surface area contributed by atoms with Crippen molar-refractivity contribution in [3.05, 3.63) is 95.0 Å². The van der Waals surface area contributed by atoms with Crippen molar-refractivity contribution in [2.75, 3.05) is 48.3 Å². The summed E-state index contributed by atoms with van der Waals surface area (Å²) in [6.45, 7) is 4.38. The van der Waals surface area contributed by atoms with E-state index in [1.54, 1.807) is 54.7 Å². The number of imide groups is 1. The number of anilines is 3. The molecule has 5 heterocycles. The molecule has 3 atom stereocenters. The Hall–Kier alpha value is -5.70. The Morgan fingerprint density at radius 1 is 0.831 bits per heavy atom. The van der Waals surface area contributed by atoms with Crippen LogP contribution in [0.3, 0.4) is 0 Å². The zero-order valence-electron chi connectivity index (χ0n) is 33.0. The molecule has 3 saturated heterocycles. The van der Waals surface area contributed by atoms with Gasteiger partial charge in [0.1, 0.15) is 17.6 Å². The zero-order valence-corrected chi connectivity index (χ0v) is 33.0. The Morgan fingerprint density at radius 2 is 1.66 bits per heavy atom. The quantitative estimate of drug-likeness (QED) is 0.148. The fourth-order valence-electron chi connectivity index (χ4n) is 9.01. The predicted molar refractivity (Wildman–Crippen MR) is 221 cm³/mol. The number of hydrogen-bond acceptors (Lipinski definition) is 10. The molecule has 3 unspecified atom stereocenters. The van der Waals surface area contributed by atoms with Gasteiger partial charge >= 0.3 is 0 Å². The second-order valence-electron chi connectivity index (χ2n) is 16.4. The number of nitrogens with one attached hydrogen (secondary N) is 4. The Morgan fingerprint density at radius 3 is 2.44 bits per heavy atom. The van der Waals surface area contributed by atoms with Crippen LogP contribution in [0.15, 0.2) is 77.9 Å². The molecule has 0 spiro atoms. The number of pyridine rings is 1. The minimum atomic E-state index is -0.565. The molecule has 15 heteroatoms. The molecule has 4 N–H and O–H groups in total. The maximum absolute atomic E-state index is 15.2. The summed E-state index contributed by atoms with van der Waals surface area (Å²) in [4.78, 5) is 62.8. The molecule has 2 aromatic carbocycles. The topological polar surface area (TPSA) is 154 Å². The highest BCUT2D eigenvalue weighted by molar-refractivity contribution is 6.01. The Kier molecular flexibility index (Phi) is 12.3.